The number of halogens is 2. The number of methoxy groups -OCH3 is 1. The summed E-state index contributed by atoms with van der Waals surface area (Å²) < 4.78 is 5.66. The van der Waals surface area contributed by atoms with Gasteiger partial charge >= 0.3 is 5.97 Å². The SMILES string of the molecule is COC(=O)CC(NC(=O)[C@@H]1CCC[C@@H]1CN)c1cccc(Br)c1.Cl. The molecule has 134 valence electrons. The summed E-state index contributed by atoms with van der Waals surface area (Å²) in [6, 6.07) is 7.19. The van der Waals surface area contributed by atoms with Crippen LogP contribution in [0.3, 0.4) is 0 Å². The van der Waals surface area contributed by atoms with Crippen molar-refractivity contribution in [2.24, 2.45) is 17.6 Å². The number of amides is 1. The lowest BCUT2D eigenvalue weighted by molar-refractivity contribution is -0.141. The highest BCUT2D eigenvalue weighted by Gasteiger charge is 2.33. The molecule has 0 bridgehead atoms. The van der Waals surface area contributed by atoms with Crippen molar-refractivity contribution in [2.75, 3.05) is 13.7 Å². The summed E-state index contributed by atoms with van der Waals surface area (Å²) in [4.78, 5) is 24.3. The minimum Gasteiger partial charge on any atom is -0.469 e. The van der Waals surface area contributed by atoms with Gasteiger partial charge in [0.2, 0.25) is 5.91 Å². The Balaban J connectivity index is 0.00000288. The van der Waals surface area contributed by atoms with E-state index in [2.05, 4.69) is 21.2 Å². The fourth-order valence-corrected chi connectivity index (χ4v) is 3.59. The Morgan fingerprint density at radius 1 is 1.42 bits per heavy atom. The zero-order valence-corrected chi connectivity index (χ0v) is 16.1. The maximum atomic E-state index is 12.6. The average Bonchev–Trinajstić information content (AvgIpc) is 3.02. The molecule has 0 saturated heterocycles. The summed E-state index contributed by atoms with van der Waals surface area (Å²) in [5.41, 5.74) is 6.64. The van der Waals surface area contributed by atoms with Gasteiger partial charge < -0.3 is 15.8 Å². The molecule has 0 aliphatic heterocycles. The highest BCUT2D eigenvalue weighted by Crippen LogP contribution is 2.32. The second kappa shape index (κ2) is 10.0. The summed E-state index contributed by atoms with van der Waals surface area (Å²) in [5.74, 6) is -0.201. The van der Waals surface area contributed by atoms with Crippen molar-refractivity contribution in [3.63, 3.8) is 0 Å². The first-order valence-electron chi connectivity index (χ1n) is 7.88. The number of hydrogen-bond donors (Lipinski definition) is 2. The summed E-state index contributed by atoms with van der Waals surface area (Å²) in [6.07, 6.45) is 2.99. The molecule has 1 aliphatic rings. The van der Waals surface area contributed by atoms with E-state index in [4.69, 9.17) is 10.5 Å². The van der Waals surface area contributed by atoms with Gasteiger partial charge in [0.1, 0.15) is 0 Å². The third kappa shape index (κ3) is 5.46. The van der Waals surface area contributed by atoms with Gasteiger partial charge in [0, 0.05) is 10.4 Å². The Labute approximate surface area is 157 Å². The zero-order valence-electron chi connectivity index (χ0n) is 13.7. The lowest BCUT2D eigenvalue weighted by Crippen LogP contribution is -2.38. The number of ether oxygens (including phenoxy) is 1. The average molecular weight is 420 g/mol. The van der Waals surface area contributed by atoms with Crippen LogP contribution in [-0.4, -0.2) is 25.5 Å². The van der Waals surface area contributed by atoms with E-state index in [9.17, 15) is 9.59 Å². The topological polar surface area (TPSA) is 81.4 Å². The number of carbonyl (C=O) groups is 2. The van der Waals surface area contributed by atoms with Crippen LogP contribution >= 0.6 is 28.3 Å². The Hall–Kier alpha value is -1.11. The molecule has 0 radical (unpaired) electrons. The van der Waals surface area contributed by atoms with Crippen LogP contribution < -0.4 is 11.1 Å². The first-order valence-corrected chi connectivity index (χ1v) is 8.67. The fourth-order valence-electron chi connectivity index (χ4n) is 3.17. The quantitative estimate of drug-likeness (QED) is 0.695. The maximum Gasteiger partial charge on any atom is 0.307 e. The molecular weight excluding hydrogens is 396 g/mol. The van der Waals surface area contributed by atoms with Crippen molar-refractivity contribution < 1.29 is 14.3 Å². The van der Waals surface area contributed by atoms with Crippen molar-refractivity contribution in [1.82, 2.24) is 5.32 Å². The zero-order chi connectivity index (χ0) is 16.8. The van der Waals surface area contributed by atoms with E-state index in [0.29, 0.717) is 6.54 Å². The molecule has 3 atom stereocenters. The number of esters is 1. The van der Waals surface area contributed by atoms with Crippen LogP contribution in [-0.2, 0) is 14.3 Å². The molecule has 1 aromatic carbocycles. The Morgan fingerprint density at radius 2 is 2.17 bits per heavy atom. The molecular formula is C17H24BrClN2O3. The molecule has 0 aromatic heterocycles. The summed E-state index contributed by atoms with van der Waals surface area (Å²) in [5, 5.41) is 3.02. The third-order valence-electron chi connectivity index (χ3n) is 4.46. The van der Waals surface area contributed by atoms with Crippen LogP contribution in [0.15, 0.2) is 28.7 Å². The predicted octanol–water partition coefficient (Wildman–Crippen LogP) is 2.97. The highest BCUT2D eigenvalue weighted by molar-refractivity contribution is 9.10. The fraction of sp³-hybridized carbons (Fsp3) is 0.529. The van der Waals surface area contributed by atoms with Gasteiger partial charge in [0.05, 0.1) is 19.6 Å². The molecule has 2 rings (SSSR count). The maximum absolute atomic E-state index is 12.6. The minimum absolute atomic E-state index is 0. The number of rotatable bonds is 6. The molecule has 0 heterocycles. The summed E-state index contributed by atoms with van der Waals surface area (Å²) >= 11 is 3.42. The summed E-state index contributed by atoms with van der Waals surface area (Å²) in [7, 11) is 1.35. The largest absolute Gasteiger partial charge is 0.469 e. The van der Waals surface area contributed by atoms with E-state index in [1.54, 1.807) is 0 Å². The van der Waals surface area contributed by atoms with Gasteiger partial charge in [0.15, 0.2) is 0 Å². The number of hydrogen-bond acceptors (Lipinski definition) is 4. The van der Waals surface area contributed by atoms with Crippen molar-refractivity contribution in [3.8, 4) is 0 Å². The minimum atomic E-state index is -0.397. The smallest absolute Gasteiger partial charge is 0.307 e. The number of benzene rings is 1. The molecule has 1 amide bonds. The van der Waals surface area contributed by atoms with Gasteiger partial charge in [-0.3, -0.25) is 9.59 Å². The van der Waals surface area contributed by atoms with Gasteiger partial charge in [-0.25, -0.2) is 0 Å². The van der Waals surface area contributed by atoms with Crippen molar-refractivity contribution in [3.05, 3.63) is 34.3 Å². The third-order valence-corrected chi connectivity index (χ3v) is 4.96. The molecule has 24 heavy (non-hydrogen) atoms. The van der Waals surface area contributed by atoms with Crippen LogP contribution in [0.1, 0.15) is 37.3 Å². The second-order valence-corrected chi connectivity index (χ2v) is 6.85. The molecule has 0 spiro atoms. The number of nitrogens with one attached hydrogen (secondary N) is 1. The normalized spacial score (nSPS) is 20.8. The lowest BCUT2D eigenvalue weighted by Gasteiger charge is -2.23. The van der Waals surface area contributed by atoms with Crippen molar-refractivity contribution in [1.29, 1.82) is 0 Å². The van der Waals surface area contributed by atoms with Crippen LogP contribution in [0.2, 0.25) is 0 Å². The first-order chi connectivity index (χ1) is 11.0. The molecule has 1 aromatic rings. The molecule has 1 unspecified atom stereocenters. The Kier molecular flexibility index (Phi) is 8.73. The number of carbonyl (C=O) groups excluding carboxylic acids is 2. The van der Waals surface area contributed by atoms with Gasteiger partial charge in [-0.1, -0.05) is 34.5 Å². The molecule has 7 heteroatoms. The standard InChI is InChI=1S/C17H23BrN2O3.ClH/c1-23-16(21)9-15(11-4-2-6-13(18)8-11)20-17(22)14-7-3-5-12(14)10-19;/h2,4,6,8,12,14-15H,3,5,7,9-10,19H2,1H3,(H,20,22);1H/t12-,14-,15?;/m1./s1. The molecule has 3 N–H and O–H groups in total. The number of nitrogens with two attached hydrogens (primary N) is 1. The van der Waals surface area contributed by atoms with Crippen LogP contribution in [0.5, 0.6) is 0 Å². The van der Waals surface area contributed by atoms with E-state index in [1.807, 2.05) is 24.3 Å². The predicted molar refractivity (Wildman–Crippen MR) is 98.8 cm³/mol. The monoisotopic (exact) mass is 418 g/mol. The van der Waals surface area contributed by atoms with Crippen LogP contribution in [0, 0.1) is 11.8 Å². The van der Waals surface area contributed by atoms with Gasteiger partial charge in [-0.2, -0.15) is 0 Å². The van der Waals surface area contributed by atoms with Crippen LogP contribution in [0.25, 0.3) is 0 Å². The lowest BCUT2D eigenvalue weighted by atomic mass is 9.94. The molecule has 5 nitrogen and oxygen atoms in total. The molecule has 1 fully saturated rings. The molecule has 1 aliphatic carbocycles. The molecule has 1 saturated carbocycles. The van der Waals surface area contributed by atoms with E-state index in [-0.39, 0.29) is 42.5 Å². The van der Waals surface area contributed by atoms with Gasteiger partial charge in [-0.15, -0.1) is 12.4 Å². The highest BCUT2D eigenvalue weighted by atomic mass is 79.9. The van der Waals surface area contributed by atoms with Crippen molar-refractivity contribution >= 4 is 40.2 Å². The Bertz CT molecular complexity index is 571. The van der Waals surface area contributed by atoms with E-state index >= 15 is 0 Å². The summed E-state index contributed by atoms with van der Waals surface area (Å²) in [6.45, 7) is 0.524. The van der Waals surface area contributed by atoms with E-state index < -0.39 is 6.04 Å². The Morgan fingerprint density at radius 3 is 2.79 bits per heavy atom. The second-order valence-electron chi connectivity index (χ2n) is 5.93. The van der Waals surface area contributed by atoms with Crippen LogP contribution in [0.4, 0.5) is 0 Å². The van der Waals surface area contributed by atoms with Gasteiger partial charge in [-0.05, 0) is 43.0 Å². The first kappa shape index (κ1) is 20.9. The van der Waals surface area contributed by atoms with Gasteiger partial charge in [0.25, 0.3) is 0 Å². The van der Waals surface area contributed by atoms with E-state index in [1.165, 1.54) is 7.11 Å². The van der Waals surface area contributed by atoms with E-state index in [0.717, 1.165) is 29.3 Å². The van der Waals surface area contributed by atoms with Crippen molar-refractivity contribution in [2.45, 2.75) is 31.7 Å².